The molecule has 0 radical (unpaired) electrons. The third kappa shape index (κ3) is 3.57. The van der Waals surface area contributed by atoms with Gasteiger partial charge < -0.3 is 15.3 Å². The number of carbonyl (C=O) groups excluding carboxylic acids is 2. The first-order valence-electron chi connectivity index (χ1n) is 6.95. The highest BCUT2D eigenvalue weighted by atomic mass is 35.5. The van der Waals surface area contributed by atoms with Gasteiger partial charge in [0, 0.05) is 19.5 Å². The molecule has 0 saturated carbocycles. The summed E-state index contributed by atoms with van der Waals surface area (Å²) in [6, 6.07) is 6.96. The van der Waals surface area contributed by atoms with Crippen molar-refractivity contribution in [2.24, 2.45) is 11.8 Å². The molecule has 1 saturated heterocycles. The van der Waals surface area contributed by atoms with Crippen molar-refractivity contribution in [2.45, 2.75) is 13.3 Å². The average Bonchev–Trinajstić information content (AvgIpc) is 2.86. The number of nitrogens with one attached hydrogen (secondary N) is 1. The standard InChI is InChI=1S/C15H17ClN2O4/c1-9(15(21)22)7-17-14(20)10-6-13(19)18(8-10)12-5-3-2-4-11(12)16/h2-5,9-10H,6-8H2,1H3,(H,17,20)(H,21,22)/t9-,10-/m0/s1. The molecule has 2 rings (SSSR count). The van der Waals surface area contributed by atoms with E-state index in [0.29, 0.717) is 10.7 Å². The van der Waals surface area contributed by atoms with E-state index in [1.807, 2.05) is 0 Å². The van der Waals surface area contributed by atoms with Gasteiger partial charge in [0.15, 0.2) is 0 Å². The summed E-state index contributed by atoms with van der Waals surface area (Å²) in [5, 5.41) is 11.8. The fourth-order valence-electron chi connectivity index (χ4n) is 2.27. The molecule has 118 valence electrons. The van der Waals surface area contributed by atoms with E-state index < -0.39 is 17.8 Å². The Morgan fingerprint density at radius 3 is 2.77 bits per heavy atom. The second-order valence-electron chi connectivity index (χ2n) is 5.34. The highest BCUT2D eigenvalue weighted by Gasteiger charge is 2.35. The molecule has 1 aliphatic heterocycles. The second kappa shape index (κ2) is 6.79. The van der Waals surface area contributed by atoms with E-state index in [2.05, 4.69) is 5.32 Å². The summed E-state index contributed by atoms with van der Waals surface area (Å²) in [6.07, 6.45) is 0.0957. The molecule has 1 aromatic rings. The topological polar surface area (TPSA) is 86.7 Å². The van der Waals surface area contributed by atoms with Crippen LogP contribution in [0.3, 0.4) is 0 Å². The fraction of sp³-hybridized carbons (Fsp3) is 0.400. The monoisotopic (exact) mass is 324 g/mol. The molecule has 0 bridgehead atoms. The molecule has 7 heteroatoms. The van der Waals surface area contributed by atoms with Gasteiger partial charge in [-0.05, 0) is 12.1 Å². The van der Waals surface area contributed by atoms with E-state index >= 15 is 0 Å². The Hall–Kier alpha value is -2.08. The van der Waals surface area contributed by atoms with Crippen molar-refractivity contribution < 1.29 is 19.5 Å². The van der Waals surface area contributed by atoms with E-state index in [1.165, 1.54) is 11.8 Å². The predicted molar refractivity (Wildman–Crippen MR) is 81.7 cm³/mol. The first-order valence-corrected chi connectivity index (χ1v) is 7.33. The van der Waals surface area contributed by atoms with Crippen molar-refractivity contribution in [1.82, 2.24) is 5.32 Å². The lowest BCUT2D eigenvalue weighted by molar-refractivity contribution is -0.141. The smallest absolute Gasteiger partial charge is 0.308 e. The lowest BCUT2D eigenvalue weighted by Gasteiger charge is -2.18. The number of amides is 2. The van der Waals surface area contributed by atoms with E-state index in [9.17, 15) is 14.4 Å². The third-order valence-electron chi connectivity index (χ3n) is 3.64. The summed E-state index contributed by atoms with van der Waals surface area (Å²) in [6.45, 7) is 1.80. The largest absolute Gasteiger partial charge is 0.481 e. The molecule has 2 atom stereocenters. The van der Waals surface area contributed by atoms with Crippen LogP contribution in [0.1, 0.15) is 13.3 Å². The van der Waals surface area contributed by atoms with E-state index in [0.717, 1.165) is 0 Å². The van der Waals surface area contributed by atoms with Crippen molar-refractivity contribution >= 4 is 35.1 Å². The van der Waals surface area contributed by atoms with Crippen molar-refractivity contribution in [3.8, 4) is 0 Å². The Morgan fingerprint density at radius 2 is 2.14 bits per heavy atom. The second-order valence-corrected chi connectivity index (χ2v) is 5.75. The Morgan fingerprint density at radius 1 is 1.45 bits per heavy atom. The zero-order valence-corrected chi connectivity index (χ0v) is 12.8. The molecule has 2 N–H and O–H groups in total. The van der Waals surface area contributed by atoms with Crippen LogP contribution >= 0.6 is 11.6 Å². The van der Waals surface area contributed by atoms with Gasteiger partial charge in [0.05, 0.1) is 22.5 Å². The van der Waals surface area contributed by atoms with Crippen LogP contribution < -0.4 is 10.2 Å². The van der Waals surface area contributed by atoms with Crippen molar-refractivity contribution in [2.75, 3.05) is 18.0 Å². The number of halogens is 1. The van der Waals surface area contributed by atoms with E-state index in [4.69, 9.17) is 16.7 Å². The molecule has 1 aliphatic rings. The molecule has 1 heterocycles. The van der Waals surface area contributed by atoms with E-state index in [-0.39, 0.29) is 31.3 Å². The van der Waals surface area contributed by atoms with Crippen LogP contribution in [0.25, 0.3) is 0 Å². The van der Waals surface area contributed by atoms with Crippen LogP contribution in [-0.4, -0.2) is 36.0 Å². The molecule has 1 aromatic carbocycles. The van der Waals surface area contributed by atoms with Crippen molar-refractivity contribution in [1.29, 1.82) is 0 Å². The minimum atomic E-state index is -0.972. The number of hydrogen-bond acceptors (Lipinski definition) is 3. The Bertz CT molecular complexity index is 605. The lowest BCUT2D eigenvalue weighted by Crippen LogP contribution is -2.37. The van der Waals surface area contributed by atoms with Crippen LogP contribution in [0.15, 0.2) is 24.3 Å². The minimum absolute atomic E-state index is 0.0466. The minimum Gasteiger partial charge on any atom is -0.481 e. The van der Waals surface area contributed by atoms with Gasteiger partial charge in [0.1, 0.15) is 0 Å². The predicted octanol–water partition coefficient (Wildman–Crippen LogP) is 1.53. The van der Waals surface area contributed by atoms with Crippen LogP contribution in [0.2, 0.25) is 5.02 Å². The van der Waals surface area contributed by atoms with Gasteiger partial charge in [-0.15, -0.1) is 0 Å². The van der Waals surface area contributed by atoms with Crippen molar-refractivity contribution in [3.05, 3.63) is 29.3 Å². The zero-order chi connectivity index (χ0) is 16.3. The SMILES string of the molecule is C[C@@H](CNC(=O)[C@H]1CC(=O)N(c2ccccc2Cl)C1)C(=O)O. The summed E-state index contributed by atoms with van der Waals surface area (Å²) < 4.78 is 0. The fourth-order valence-corrected chi connectivity index (χ4v) is 2.51. The third-order valence-corrected chi connectivity index (χ3v) is 3.96. The van der Waals surface area contributed by atoms with E-state index in [1.54, 1.807) is 24.3 Å². The van der Waals surface area contributed by atoms with Gasteiger partial charge in [0.2, 0.25) is 11.8 Å². The highest BCUT2D eigenvalue weighted by molar-refractivity contribution is 6.33. The Balaban J connectivity index is 1.99. The molecule has 0 unspecified atom stereocenters. The highest BCUT2D eigenvalue weighted by Crippen LogP contribution is 2.30. The molecule has 0 spiro atoms. The number of carbonyl (C=O) groups is 3. The first-order chi connectivity index (χ1) is 10.4. The maximum absolute atomic E-state index is 12.1. The molecular formula is C15H17ClN2O4. The van der Waals surface area contributed by atoms with Gasteiger partial charge in [-0.2, -0.15) is 0 Å². The molecule has 0 aromatic heterocycles. The molecule has 6 nitrogen and oxygen atoms in total. The van der Waals surface area contributed by atoms with Gasteiger partial charge in [-0.25, -0.2) is 0 Å². The van der Waals surface area contributed by atoms with Gasteiger partial charge in [0.25, 0.3) is 0 Å². The Kier molecular flexibility index (Phi) is 5.03. The molecule has 2 amide bonds. The van der Waals surface area contributed by atoms with Crippen LogP contribution in [-0.2, 0) is 14.4 Å². The number of benzene rings is 1. The maximum atomic E-state index is 12.1. The zero-order valence-electron chi connectivity index (χ0n) is 12.1. The maximum Gasteiger partial charge on any atom is 0.308 e. The number of nitrogens with zero attached hydrogens (tertiary/aromatic N) is 1. The number of para-hydroxylation sites is 1. The van der Waals surface area contributed by atoms with Crippen LogP contribution in [0.4, 0.5) is 5.69 Å². The first kappa shape index (κ1) is 16.3. The quantitative estimate of drug-likeness (QED) is 0.860. The van der Waals surface area contributed by atoms with Crippen LogP contribution in [0, 0.1) is 11.8 Å². The number of rotatable bonds is 5. The summed E-state index contributed by atoms with van der Waals surface area (Å²) in [4.78, 5) is 36.4. The number of anilines is 1. The molecule has 1 fully saturated rings. The van der Waals surface area contributed by atoms with Gasteiger partial charge in [-0.1, -0.05) is 30.7 Å². The number of carboxylic acid groups (broad SMARTS) is 1. The molecule has 22 heavy (non-hydrogen) atoms. The Labute approximate surface area is 133 Å². The van der Waals surface area contributed by atoms with Gasteiger partial charge in [-0.3, -0.25) is 14.4 Å². The lowest BCUT2D eigenvalue weighted by atomic mass is 10.1. The van der Waals surface area contributed by atoms with Crippen molar-refractivity contribution in [3.63, 3.8) is 0 Å². The number of aliphatic carboxylic acids is 1. The van der Waals surface area contributed by atoms with Crippen LogP contribution in [0.5, 0.6) is 0 Å². The summed E-state index contributed by atoms with van der Waals surface area (Å²) >= 11 is 6.07. The summed E-state index contributed by atoms with van der Waals surface area (Å²) in [7, 11) is 0. The summed E-state index contributed by atoms with van der Waals surface area (Å²) in [5.41, 5.74) is 0.586. The molecule has 0 aliphatic carbocycles. The number of hydrogen-bond donors (Lipinski definition) is 2. The molecular weight excluding hydrogens is 308 g/mol. The average molecular weight is 325 g/mol. The van der Waals surface area contributed by atoms with Gasteiger partial charge >= 0.3 is 5.97 Å². The summed E-state index contributed by atoms with van der Waals surface area (Å²) in [5.74, 6) is -2.61. The normalized spacial score (nSPS) is 19.1. The number of carboxylic acids is 1.